The lowest BCUT2D eigenvalue weighted by atomic mass is 9.78. The van der Waals surface area contributed by atoms with E-state index >= 15 is 0 Å². The van der Waals surface area contributed by atoms with Crippen LogP contribution in [-0.4, -0.2) is 28.8 Å². The fourth-order valence-corrected chi connectivity index (χ4v) is 2.39. The van der Waals surface area contributed by atoms with E-state index in [0.29, 0.717) is 11.4 Å². The first-order valence-electron chi connectivity index (χ1n) is 5.63. The Bertz CT molecular complexity index is 372. The van der Waals surface area contributed by atoms with Crippen LogP contribution in [0.4, 0.5) is 0 Å². The second-order valence-electron chi connectivity index (χ2n) is 4.60. The van der Waals surface area contributed by atoms with E-state index in [2.05, 4.69) is 17.2 Å². The maximum absolute atomic E-state index is 10.6. The van der Waals surface area contributed by atoms with E-state index in [9.17, 15) is 5.11 Å². The number of nitrogens with zero attached hydrogens (tertiary/aromatic N) is 1. The fraction of sp³-hybridized carbons (Fsp3) is 0.583. The molecule has 0 radical (unpaired) electrons. The van der Waals surface area contributed by atoms with Crippen molar-refractivity contribution in [2.75, 3.05) is 13.1 Å². The van der Waals surface area contributed by atoms with Crippen molar-refractivity contribution in [1.29, 1.82) is 0 Å². The highest BCUT2D eigenvalue weighted by atomic mass is 35.5. The summed E-state index contributed by atoms with van der Waals surface area (Å²) in [5, 5.41) is 14.5. The average molecular weight is 241 g/mol. The minimum absolute atomic E-state index is 0.241. The van der Waals surface area contributed by atoms with E-state index in [0.717, 1.165) is 25.1 Å². The molecule has 2 unspecified atom stereocenters. The minimum Gasteiger partial charge on any atom is -0.389 e. The fourth-order valence-electron chi connectivity index (χ4n) is 2.20. The van der Waals surface area contributed by atoms with Gasteiger partial charge in [0, 0.05) is 25.4 Å². The Balaban J connectivity index is 2.16. The van der Waals surface area contributed by atoms with Crippen molar-refractivity contribution in [3.8, 4) is 0 Å². The molecule has 1 aliphatic rings. The zero-order chi connectivity index (χ0) is 11.6. The predicted molar refractivity (Wildman–Crippen MR) is 64.6 cm³/mol. The lowest BCUT2D eigenvalue weighted by Gasteiger charge is -2.38. The van der Waals surface area contributed by atoms with Crippen LogP contribution in [0.3, 0.4) is 0 Å². The van der Waals surface area contributed by atoms with Gasteiger partial charge in [0.25, 0.3) is 0 Å². The van der Waals surface area contributed by atoms with Gasteiger partial charge >= 0.3 is 0 Å². The summed E-state index contributed by atoms with van der Waals surface area (Å²) < 4.78 is 0. The number of hydrogen-bond donors (Lipinski definition) is 2. The van der Waals surface area contributed by atoms with E-state index in [1.807, 2.05) is 6.07 Å². The Morgan fingerprint density at radius 3 is 3.19 bits per heavy atom. The van der Waals surface area contributed by atoms with Crippen LogP contribution in [0.2, 0.25) is 5.02 Å². The molecule has 2 rings (SSSR count). The highest BCUT2D eigenvalue weighted by molar-refractivity contribution is 6.31. The summed E-state index contributed by atoms with van der Waals surface area (Å²) in [5.74, 6) is 0.241. The number of rotatable bonds is 2. The molecule has 1 aromatic heterocycles. The molecule has 0 spiro atoms. The maximum Gasteiger partial charge on any atom is 0.0738 e. The first kappa shape index (κ1) is 11.8. The second kappa shape index (κ2) is 4.70. The van der Waals surface area contributed by atoms with E-state index in [4.69, 9.17) is 11.6 Å². The SMILES string of the molecule is CC1CNCCC1(O)Cc1ccncc1Cl. The highest BCUT2D eigenvalue weighted by Crippen LogP contribution is 2.30. The maximum atomic E-state index is 10.6. The molecule has 1 fully saturated rings. The second-order valence-corrected chi connectivity index (χ2v) is 5.01. The largest absolute Gasteiger partial charge is 0.389 e. The molecular formula is C12H17ClN2O. The smallest absolute Gasteiger partial charge is 0.0738 e. The van der Waals surface area contributed by atoms with Crippen LogP contribution in [-0.2, 0) is 6.42 Å². The van der Waals surface area contributed by atoms with Gasteiger partial charge in [0.05, 0.1) is 10.6 Å². The van der Waals surface area contributed by atoms with Crippen molar-refractivity contribution in [2.24, 2.45) is 5.92 Å². The molecule has 0 aromatic carbocycles. The molecule has 1 aromatic rings. The molecule has 88 valence electrons. The van der Waals surface area contributed by atoms with E-state index in [-0.39, 0.29) is 5.92 Å². The molecule has 0 bridgehead atoms. The molecule has 4 heteroatoms. The third-order valence-electron chi connectivity index (χ3n) is 3.46. The van der Waals surface area contributed by atoms with Crippen LogP contribution in [0.1, 0.15) is 18.9 Å². The first-order valence-corrected chi connectivity index (χ1v) is 6.01. The molecule has 3 nitrogen and oxygen atoms in total. The number of aromatic nitrogens is 1. The molecule has 0 saturated carbocycles. The van der Waals surface area contributed by atoms with Crippen molar-refractivity contribution in [2.45, 2.75) is 25.4 Å². The number of halogens is 1. The standard InChI is InChI=1S/C12H17ClN2O/c1-9-7-15-5-3-12(9,16)6-10-2-4-14-8-11(10)13/h2,4,8-9,15-16H,3,5-7H2,1H3. The predicted octanol–water partition coefficient (Wildman–Crippen LogP) is 1.64. The van der Waals surface area contributed by atoms with Gasteiger partial charge < -0.3 is 10.4 Å². The van der Waals surface area contributed by atoms with Gasteiger partial charge in [-0.05, 0) is 30.5 Å². The molecule has 2 atom stereocenters. The number of pyridine rings is 1. The van der Waals surface area contributed by atoms with Gasteiger partial charge in [-0.2, -0.15) is 0 Å². The molecule has 2 N–H and O–H groups in total. The molecule has 0 amide bonds. The summed E-state index contributed by atoms with van der Waals surface area (Å²) >= 11 is 6.06. The monoisotopic (exact) mass is 240 g/mol. The number of hydrogen-bond acceptors (Lipinski definition) is 3. The molecule has 1 saturated heterocycles. The quantitative estimate of drug-likeness (QED) is 0.826. The first-order chi connectivity index (χ1) is 7.62. The lowest BCUT2D eigenvalue weighted by Crippen LogP contribution is -2.50. The van der Waals surface area contributed by atoms with E-state index < -0.39 is 5.60 Å². The number of piperidine rings is 1. The number of aliphatic hydroxyl groups is 1. The van der Waals surface area contributed by atoms with Crippen LogP contribution in [0.15, 0.2) is 18.5 Å². The summed E-state index contributed by atoms with van der Waals surface area (Å²) in [6.07, 6.45) is 4.73. The molecular weight excluding hydrogens is 224 g/mol. The molecule has 16 heavy (non-hydrogen) atoms. The Hall–Kier alpha value is -0.640. The summed E-state index contributed by atoms with van der Waals surface area (Å²) in [5.41, 5.74) is 0.337. The average Bonchev–Trinajstić information content (AvgIpc) is 2.26. The summed E-state index contributed by atoms with van der Waals surface area (Å²) in [6, 6.07) is 1.88. The Morgan fingerprint density at radius 2 is 2.50 bits per heavy atom. The van der Waals surface area contributed by atoms with Crippen LogP contribution in [0, 0.1) is 5.92 Å². The Kier molecular flexibility index (Phi) is 3.47. The zero-order valence-corrected chi connectivity index (χ0v) is 10.2. The highest BCUT2D eigenvalue weighted by Gasteiger charge is 2.36. The minimum atomic E-state index is -0.643. The van der Waals surface area contributed by atoms with E-state index in [1.54, 1.807) is 12.4 Å². The lowest BCUT2D eigenvalue weighted by molar-refractivity contribution is -0.0329. The summed E-state index contributed by atoms with van der Waals surface area (Å²) in [7, 11) is 0. The van der Waals surface area contributed by atoms with Crippen LogP contribution in [0.25, 0.3) is 0 Å². The normalized spacial score (nSPS) is 30.3. The Morgan fingerprint density at radius 1 is 1.69 bits per heavy atom. The van der Waals surface area contributed by atoms with Gasteiger partial charge in [-0.3, -0.25) is 4.98 Å². The van der Waals surface area contributed by atoms with Gasteiger partial charge in [-0.25, -0.2) is 0 Å². The molecule has 2 heterocycles. The van der Waals surface area contributed by atoms with Gasteiger partial charge in [0.1, 0.15) is 0 Å². The topological polar surface area (TPSA) is 45.1 Å². The van der Waals surface area contributed by atoms with Gasteiger partial charge in [-0.15, -0.1) is 0 Å². The van der Waals surface area contributed by atoms with Crippen LogP contribution >= 0.6 is 11.6 Å². The zero-order valence-electron chi connectivity index (χ0n) is 9.41. The summed E-state index contributed by atoms with van der Waals surface area (Å²) in [4.78, 5) is 3.95. The van der Waals surface area contributed by atoms with Gasteiger partial charge in [0.2, 0.25) is 0 Å². The third-order valence-corrected chi connectivity index (χ3v) is 3.80. The Labute approximate surface area is 101 Å². The van der Waals surface area contributed by atoms with Gasteiger partial charge in [0.15, 0.2) is 0 Å². The third kappa shape index (κ3) is 2.37. The van der Waals surface area contributed by atoms with Crippen LogP contribution < -0.4 is 5.32 Å². The molecule has 1 aliphatic heterocycles. The van der Waals surface area contributed by atoms with Crippen molar-refractivity contribution >= 4 is 11.6 Å². The molecule has 0 aliphatic carbocycles. The van der Waals surface area contributed by atoms with Gasteiger partial charge in [-0.1, -0.05) is 18.5 Å². The van der Waals surface area contributed by atoms with Crippen molar-refractivity contribution in [3.05, 3.63) is 29.0 Å². The van der Waals surface area contributed by atoms with Crippen molar-refractivity contribution in [3.63, 3.8) is 0 Å². The van der Waals surface area contributed by atoms with Crippen molar-refractivity contribution < 1.29 is 5.11 Å². The summed E-state index contributed by atoms with van der Waals surface area (Å²) in [6.45, 7) is 3.80. The van der Waals surface area contributed by atoms with E-state index in [1.165, 1.54) is 0 Å². The number of nitrogens with one attached hydrogen (secondary N) is 1. The van der Waals surface area contributed by atoms with Crippen molar-refractivity contribution in [1.82, 2.24) is 10.3 Å². The van der Waals surface area contributed by atoms with Crippen LogP contribution in [0.5, 0.6) is 0 Å².